The van der Waals surface area contributed by atoms with Gasteiger partial charge in [-0.1, -0.05) is 17.7 Å². The third kappa shape index (κ3) is 4.94. The Hall–Kier alpha value is -1.40. The molecule has 0 heterocycles. The third-order valence-electron chi connectivity index (χ3n) is 2.55. The fourth-order valence-corrected chi connectivity index (χ4v) is 2.75. The molecule has 0 saturated carbocycles. The molecule has 1 aromatic carbocycles. The van der Waals surface area contributed by atoms with Gasteiger partial charge < -0.3 is 5.32 Å². The van der Waals surface area contributed by atoms with Gasteiger partial charge in [0.15, 0.2) is 0 Å². The highest BCUT2D eigenvalue weighted by Crippen LogP contribution is 2.10. The normalized spacial score (nSPS) is 13.8. The van der Waals surface area contributed by atoms with Crippen molar-refractivity contribution in [2.24, 2.45) is 0 Å². The maximum atomic E-state index is 12.1. The van der Waals surface area contributed by atoms with Crippen molar-refractivity contribution in [2.75, 3.05) is 0 Å². The molecule has 0 unspecified atom stereocenters. The maximum Gasteiger partial charge on any atom is 0.241 e. The van der Waals surface area contributed by atoms with Crippen LogP contribution in [0.1, 0.15) is 33.3 Å². The van der Waals surface area contributed by atoms with Gasteiger partial charge in [0.25, 0.3) is 0 Å². The van der Waals surface area contributed by atoms with Crippen LogP contribution in [0.4, 0.5) is 0 Å². The quantitative estimate of drug-likeness (QED) is 0.886. The fraction of sp³-hybridized carbons (Fsp3) is 0.500. The molecule has 0 aliphatic heterocycles. The molecular formula is C14H22N2O3S. The van der Waals surface area contributed by atoms with Crippen LogP contribution in [0.5, 0.6) is 0 Å². The lowest BCUT2D eigenvalue weighted by atomic mass is 10.1. The van der Waals surface area contributed by atoms with Crippen molar-refractivity contribution in [1.82, 2.24) is 10.0 Å². The van der Waals surface area contributed by atoms with E-state index in [0.717, 1.165) is 5.56 Å². The van der Waals surface area contributed by atoms with Crippen molar-refractivity contribution >= 4 is 15.9 Å². The summed E-state index contributed by atoms with van der Waals surface area (Å²) in [6.07, 6.45) is 0. The number of aryl methyl sites for hydroxylation is 1. The highest BCUT2D eigenvalue weighted by molar-refractivity contribution is 7.89. The second kappa shape index (κ2) is 5.93. The van der Waals surface area contributed by atoms with E-state index in [1.807, 2.05) is 27.7 Å². The Kier molecular flexibility index (Phi) is 4.94. The zero-order valence-electron chi connectivity index (χ0n) is 12.5. The molecular weight excluding hydrogens is 276 g/mol. The molecule has 5 nitrogen and oxygen atoms in total. The van der Waals surface area contributed by atoms with Gasteiger partial charge in [0.2, 0.25) is 15.9 Å². The summed E-state index contributed by atoms with van der Waals surface area (Å²) in [7, 11) is -3.69. The van der Waals surface area contributed by atoms with Crippen LogP contribution in [-0.4, -0.2) is 25.9 Å². The molecule has 6 heteroatoms. The summed E-state index contributed by atoms with van der Waals surface area (Å²) in [5, 5.41) is 2.74. The molecule has 0 aliphatic rings. The lowest BCUT2D eigenvalue weighted by Crippen LogP contribution is -2.50. The van der Waals surface area contributed by atoms with E-state index in [9.17, 15) is 13.2 Å². The van der Waals surface area contributed by atoms with E-state index in [2.05, 4.69) is 10.0 Å². The van der Waals surface area contributed by atoms with Gasteiger partial charge in [-0.15, -0.1) is 0 Å². The summed E-state index contributed by atoms with van der Waals surface area (Å²) >= 11 is 0. The van der Waals surface area contributed by atoms with Crippen LogP contribution in [0, 0.1) is 6.92 Å². The van der Waals surface area contributed by atoms with Gasteiger partial charge in [-0.3, -0.25) is 4.79 Å². The summed E-state index contributed by atoms with van der Waals surface area (Å²) in [5.74, 6) is -0.354. The number of rotatable bonds is 4. The van der Waals surface area contributed by atoms with Gasteiger partial charge >= 0.3 is 0 Å². The number of benzene rings is 1. The van der Waals surface area contributed by atoms with E-state index in [0.29, 0.717) is 0 Å². The van der Waals surface area contributed by atoms with Gasteiger partial charge in [0, 0.05) is 5.54 Å². The van der Waals surface area contributed by atoms with Gasteiger partial charge in [-0.2, -0.15) is 4.72 Å². The molecule has 0 radical (unpaired) electrons. The lowest BCUT2D eigenvalue weighted by molar-refractivity contribution is -0.123. The Labute approximate surface area is 120 Å². The summed E-state index contributed by atoms with van der Waals surface area (Å²) in [6.45, 7) is 8.92. The minimum Gasteiger partial charge on any atom is -0.350 e. The smallest absolute Gasteiger partial charge is 0.241 e. The fourth-order valence-electron chi connectivity index (χ4n) is 1.55. The molecule has 1 rings (SSSR count). The molecule has 20 heavy (non-hydrogen) atoms. The zero-order valence-corrected chi connectivity index (χ0v) is 13.3. The molecule has 112 valence electrons. The summed E-state index contributed by atoms with van der Waals surface area (Å²) in [5.41, 5.74) is 0.572. The predicted molar refractivity (Wildman–Crippen MR) is 78.9 cm³/mol. The predicted octanol–water partition coefficient (Wildman–Crippen LogP) is 1.58. The molecule has 0 spiro atoms. The van der Waals surface area contributed by atoms with Crippen LogP contribution in [0.2, 0.25) is 0 Å². The molecule has 1 atom stereocenters. The summed E-state index contributed by atoms with van der Waals surface area (Å²) in [6, 6.07) is 5.64. The van der Waals surface area contributed by atoms with Crippen molar-refractivity contribution < 1.29 is 13.2 Å². The monoisotopic (exact) mass is 298 g/mol. The van der Waals surface area contributed by atoms with Crippen molar-refractivity contribution in [3.63, 3.8) is 0 Å². The highest BCUT2D eigenvalue weighted by atomic mass is 32.2. The van der Waals surface area contributed by atoms with Gasteiger partial charge in [0.1, 0.15) is 0 Å². The van der Waals surface area contributed by atoms with E-state index >= 15 is 0 Å². The minimum absolute atomic E-state index is 0.151. The zero-order chi connectivity index (χ0) is 15.6. The van der Waals surface area contributed by atoms with Gasteiger partial charge in [0.05, 0.1) is 10.9 Å². The molecule has 0 aromatic heterocycles. The number of amides is 1. The average molecular weight is 298 g/mol. The maximum absolute atomic E-state index is 12.1. The Morgan fingerprint density at radius 3 is 2.10 bits per heavy atom. The molecule has 0 aliphatic carbocycles. The van der Waals surface area contributed by atoms with E-state index in [1.165, 1.54) is 19.1 Å². The number of sulfonamides is 1. The van der Waals surface area contributed by atoms with E-state index in [-0.39, 0.29) is 10.8 Å². The molecule has 0 bridgehead atoms. The Balaban J connectivity index is 2.81. The minimum atomic E-state index is -3.69. The first-order chi connectivity index (χ1) is 9.01. The second-order valence-corrected chi connectivity index (χ2v) is 7.61. The Morgan fingerprint density at radius 1 is 1.15 bits per heavy atom. The Bertz CT molecular complexity index is 571. The molecule has 2 N–H and O–H groups in total. The number of nitrogens with one attached hydrogen (secondary N) is 2. The standard InChI is InChI=1S/C14H22N2O3S/c1-10-6-8-12(9-7-10)20(18,19)16-11(2)13(17)15-14(3,4)5/h6-9,11,16H,1-5H3,(H,15,17)/t11-/m1/s1. The molecule has 1 aromatic rings. The first kappa shape index (κ1) is 16.7. The molecule has 0 fully saturated rings. The van der Waals surface area contributed by atoms with Crippen molar-refractivity contribution in [3.05, 3.63) is 29.8 Å². The summed E-state index contributed by atoms with van der Waals surface area (Å²) in [4.78, 5) is 12.0. The van der Waals surface area contributed by atoms with Crippen molar-refractivity contribution in [3.8, 4) is 0 Å². The van der Waals surface area contributed by atoms with E-state index in [1.54, 1.807) is 12.1 Å². The largest absolute Gasteiger partial charge is 0.350 e. The first-order valence-corrected chi connectivity index (χ1v) is 7.90. The Morgan fingerprint density at radius 2 is 1.65 bits per heavy atom. The van der Waals surface area contributed by atoms with Crippen LogP contribution >= 0.6 is 0 Å². The molecule has 0 saturated heterocycles. The van der Waals surface area contributed by atoms with E-state index in [4.69, 9.17) is 0 Å². The van der Waals surface area contributed by atoms with Crippen molar-refractivity contribution in [2.45, 2.75) is 51.1 Å². The third-order valence-corrected chi connectivity index (χ3v) is 4.11. The second-order valence-electron chi connectivity index (χ2n) is 5.90. The summed E-state index contributed by atoms with van der Waals surface area (Å²) < 4.78 is 26.6. The average Bonchev–Trinajstić information content (AvgIpc) is 2.26. The number of hydrogen-bond acceptors (Lipinski definition) is 3. The van der Waals surface area contributed by atoms with E-state index < -0.39 is 21.6 Å². The molecule has 1 amide bonds. The van der Waals surface area contributed by atoms with Crippen LogP contribution < -0.4 is 10.0 Å². The van der Waals surface area contributed by atoms with Crippen molar-refractivity contribution in [1.29, 1.82) is 0 Å². The van der Waals surface area contributed by atoms with Crippen LogP contribution in [-0.2, 0) is 14.8 Å². The van der Waals surface area contributed by atoms with Crippen LogP contribution in [0.25, 0.3) is 0 Å². The van der Waals surface area contributed by atoms with Gasteiger partial charge in [-0.25, -0.2) is 8.42 Å². The first-order valence-electron chi connectivity index (χ1n) is 6.42. The SMILES string of the molecule is Cc1ccc(S(=O)(=O)N[C@H](C)C(=O)NC(C)(C)C)cc1. The lowest BCUT2D eigenvalue weighted by Gasteiger charge is -2.23. The number of carbonyl (C=O) groups excluding carboxylic acids is 1. The topological polar surface area (TPSA) is 75.3 Å². The number of hydrogen-bond donors (Lipinski definition) is 2. The van der Waals surface area contributed by atoms with Gasteiger partial charge in [-0.05, 0) is 46.8 Å². The van der Waals surface area contributed by atoms with Crippen LogP contribution in [0.3, 0.4) is 0 Å². The highest BCUT2D eigenvalue weighted by Gasteiger charge is 2.24. The van der Waals surface area contributed by atoms with Crippen LogP contribution in [0.15, 0.2) is 29.2 Å². The number of carbonyl (C=O) groups is 1.